The fourth-order valence-electron chi connectivity index (χ4n) is 3.55. The molecule has 0 fully saturated rings. The van der Waals surface area contributed by atoms with Crippen LogP contribution in [-0.4, -0.2) is 15.3 Å². The molecule has 4 heteroatoms. The second kappa shape index (κ2) is 6.13. The number of aromatic nitrogens is 2. The maximum absolute atomic E-state index is 13.7. The third kappa shape index (κ3) is 2.70. The summed E-state index contributed by atoms with van der Waals surface area (Å²) < 4.78 is 15.8. The number of nitrogens with zero attached hydrogens (tertiary/aromatic N) is 2. The normalized spacial score (nSPS) is 16.2. The zero-order valence-electron chi connectivity index (χ0n) is 13.8. The zero-order valence-corrected chi connectivity index (χ0v) is 13.8. The molecule has 1 aromatic heterocycles. The van der Waals surface area contributed by atoms with Crippen LogP contribution in [0.4, 0.5) is 4.39 Å². The van der Waals surface area contributed by atoms with Crippen LogP contribution in [0, 0.1) is 5.82 Å². The highest BCUT2D eigenvalue weighted by atomic mass is 19.1. The Labute approximate surface area is 145 Å². The minimum atomic E-state index is -0.277. The molecule has 0 radical (unpaired) electrons. The van der Waals surface area contributed by atoms with Gasteiger partial charge < -0.3 is 4.57 Å². The first-order valence-corrected chi connectivity index (χ1v) is 8.22. The van der Waals surface area contributed by atoms with Crippen molar-refractivity contribution in [2.24, 2.45) is 0 Å². The predicted molar refractivity (Wildman–Crippen MR) is 95.5 cm³/mol. The number of fused-ring (bicyclic) bond motifs is 1. The van der Waals surface area contributed by atoms with Crippen molar-refractivity contribution in [2.45, 2.75) is 19.4 Å². The van der Waals surface area contributed by atoms with Gasteiger partial charge in [0.25, 0.3) is 0 Å². The molecule has 1 aliphatic heterocycles. The highest BCUT2D eigenvalue weighted by Crippen LogP contribution is 2.44. The molecule has 1 unspecified atom stereocenters. The number of Topliss-reactive ketones (excluding diaryl/α,β-unsaturated/α-hetero) is 1. The van der Waals surface area contributed by atoms with Crippen LogP contribution in [0.2, 0.25) is 0 Å². The van der Waals surface area contributed by atoms with Gasteiger partial charge in [-0.25, -0.2) is 9.37 Å². The van der Waals surface area contributed by atoms with E-state index in [1.807, 2.05) is 47.9 Å². The van der Waals surface area contributed by atoms with Crippen molar-refractivity contribution in [2.75, 3.05) is 0 Å². The van der Waals surface area contributed by atoms with E-state index >= 15 is 0 Å². The van der Waals surface area contributed by atoms with Crippen molar-refractivity contribution in [3.63, 3.8) is 0 Å². The SMILES string of the molecule is CC1=C(c2cccc(F)c2)C(CC(=O)c2ccccc2)n2cncc21. The Morgan fingerprint density at radius 1 is 1.16 bits per heavy atom. The Hall–Kier alpha value is -3.01. The number of ketones is 1. The van der Waals surface area contributed by atoms with Crippen molar-refractivity contribution >= 4 is 16.9 Å². The van der Waals surface area contributed by atoms with E-state index < -0.39 is 0 Å². The zero-order chi connectivity index (χ0) is 17.4. The number of hydrogen-bond donors (Lipinski definition) is 0. The van der Waals surface area contributed by atoms with Crippen LogP contribution in [-0.2, 0) is 0 Å². The summed E-state index contributed by atoms with van der Waals surface area (Å²) in [6, 6.07) is 15.6. The van der Waals surface area contributed by atoms with Crippen LogP contribution >= 0.6 is 0 Å². The molecule has 2 aromatic carbocycles. The van der Waals surface area contributed by atoms with E-state index in [1.54, 1.807) is 18.6 Å². The highest BCUT2D eigenvalue weighted by molar-refractivity contribution is 6.00. The van der Waals surface area contributed by atoms with E-state index in [2.05, 4.69) is 4.98 Å². The second-order valence-electron chi connectivity index (χ2n) is 6.24. The van der Waals surface area contributed by atoms with Crippen LogP contribution in [0.1, 0.15) is 41.0 Å². The molecular formula is C21H17FN2O. The van der Waals surface area contributed by atoms with Crippen molar-refractivity contribution in [1.82, 2.24) is 9.55 Å². The molecule has 4 rings (SSSR count). The van der Waals surface area contributed by atoms with Crippen LogP contribution < -0.4 is 0 Å². The first-order chi connectivity index (χ1) is 12.1. The number of carbonyl (C=O) groups is 1. The summed E-state index contributed by atoms with van der Waals surface area (Å²) >= 11 is 0. The fraction of sp³-hybridized carbons (Fsp3) is 0.143. The minimum absolute atomic E-state index is 0.0638. The molecular weight excluding hydrogens is 315 g/mol. The summed E-state index contributed by atoms with van der Waals surface area (Å²) in [5, 5.41) is 0. The first-order valence-electron chi connectivity index (χ1n) is 8.22. The third-order valence-corrected chi connectivity index (χ3v) is 4.73. The maximum atomic E-state index is 13.7. The molecule has 3 aromatic rings. The summed E-state index contributed by atoms with van der Waals surface area (Å²) in [6.45, 7) is 2.00. The molecule has 0 N–H and O–H groups in total. The van der Waals surface area contributed by atoms with E-state index in [-0.39, 0.29) is 17.6 Å². The largest absolute Gasteiger partial charge is 0.323 e. The van der Waals surface area contributed by atoms with Gasteiger partial charge in [-0.3, -0.25) is 4.79 Å². The monoisotopic (exact) mass is 332 g/mol. The van der Waals surface area contributed by atoms with Gasteiger partial charge in [-0.15, -0.1) is 0 Å². The number of benzene rings is 2. The number of halogens is 1. The van der Waals surface area contributed by atoms with Crippen molar-refractivity contribution in [3.8, 4) is 0 Å². The van der Waals surface area contributed by atoms with Gasteiger partial charge in [0.15, 0.2) is 5.78 Å². The average molecular weight is 332 g/mol. The fourth-order valence-corrected chi connectivity index (χ4v) is 3.55. The van der Waals surface area contributed by atoms with Crippen LogP contribution in [0.5, 0.6) is 0 Å². The molecule has 1 aliphatic rings. The number of carbonyl (C=O) groups excluding carboxylic acids is 1. The summed E-state index contributed by atoms with van der Waals surface area (Å²) in [5.74, 6) is -0.213. The van der Waals surface area contributed by atoms with Gasteiger partial charge in [0.2, 0.25) is 0 Å². The second-order valence-corrected chi connectivity index (χ2v) is 6.24. The Morgan fingerprint density at radius 2 is 1.96 bits per heavy atom. The Kier molecular flexibility index (Phi) is 3.80. The van der Waals surface area contributed by atoms with Gasteiger partial charge in [-0.2, -0.15) is 0 Å². The molecule has 25 heavy (non-hydrogen) atoms. The molecule has 1 atom stereocenters. The summed E-state index contributed by atoms with van der Waals surface area (Å²) in [4.78, 5) is 17.0. The van der Waals surface area contributed by atoms with Crippen molar-refractivity contribution < 1.29 is 9.18 Å². The quantitative estimate of drug-likeness (QED) is 0.644. The van der Waals surface area contributed by atoms with Gasteiger partial charge in [0, 0.05) is 12.0 Å². The minimum Gasteiger partial charge on any atom is -0.323 e. The molecule has 0 bridgehead atoms. The van der Waals surface area contributed by atoms with Crippen LogP contribution in [0.3, 0.4) is 0 Å². The number of hydrogen-bond acceptors (Lipinski definition) is 2. The maximum Gasteiger partial charge on any atom is 0.165 e. The number of rotatable bonds is 4. The van der Waals surface area contributed by atoms with Crippen molar-refractivity contribution in [1.29, 1.82) is 0 Å². The van der Waals surface area contributed by atoms with E-state index in [4.69, 9.17) is 0 Å². The Morgan fingerprint density at radius 3 is 2.72 bits per heavy atom. The molecule has 124 valence electrons. The lowest BCUT2D eigenvalue weighted by molar-refractivity contribution is 0.0972. The van der Waals surface area contributed by atoms with Crippen LogP contribution in [0.15, 0.2) is 67.1 Å². The lowest BCUT2D eigenvalue weighted by Crippen LogP contribution is -2.13. The van der Waals surface area contributed by atoms with E-state index in [1.165, 1.54) is 12.1 Å². The van der Waals surface area contributed by atoms with Gasteiger partial charge >= 0.3 is 0 Å². The molecule has 3 nitrogen and oxygen atoms in total. The van der Waals surface area contributed by atoms with Crippen molar-refractivity contribution in [3.05, 3.63) is 89.8 Å². The first kappa shape index (κ1) is 15.5. The third-order valence-electron chi connectivity index (χ3n) is 4.73. The van der Waals surface area contributed by atoms with Crippen LogP contribution in [0.25, 0.3) is 11.1 Å². The lowest BCUT2D eigenvalue weighted by Gasteiger charge is -2.18. The molecule has 0 amide bonds. The van der Waals surface area contributed by atoms with E-state index in [0.29, 0.717) is 12.0 Å². The van der Waals surface area contributed by atoms with Gasteiger partial charge in [-0.1, -0.05) is 42.5 Å². The highest BCUT2D eigenvalue weighted by Gasteiger charge is 2.31. The van der Waals surface area contributed by atoms with E-state index in [9.17, 15) is 9.18 Å². The molecule has 2 heterocycles. The standard InChI is InChI=1S/C21H17FN2O/c1-14-19-12-23-13-24(19)18(11-20(25)15-6-3-2-4-7-15)21(14)16-8-5-9-17(22)10-16/h2-10,12-13,18H,11H2,1H3. The molecule has 0 spiro atoms. The smallest absolute Gasteiger partial charge is 0.165 e. The summed E-state index contributed by atoms with van der Waals surface area (Å²) in [7, 11) is 0. The van der Waals surface area contributed by atoms with Gasteiger partial charge in [0.1, 0.15) is 5.82 Å². The lowest BCUT2D eigenvalue weighted by atomic mass is 9.91. The number of allylic oxidation sites excluding steroid dienone is 2. The number of imidazole rings is 1. The summed E-state index contributed by atoms with van der Waals surface area (Å²) in [6.07, 6.45) is 3.85. The van der Waals surface area contributed by atoms with Gasteiger partial charge in [-0.05, 0) is 35.8 Å². The average Bonchev–Trinajstić information content (AvgIpc) is 3.19. The van der Waals surface area contributed by atoms with Gasteiger partial charge in [0.05, 0.1) is 24.3 Å². The van der Waals surface area contributed by atoms with E-state index in [0.717, 1.165) is 22.4 Å². The predicted octanol–water partition coefficient (Wildman–Crippen LogP) is 4.78. The Bertz CT molecular complexity index is 972. The Balaban J connectivity index is 1.75. The summed E-state index contributed by atoms with van der Waals surface area (Å²) in [5.41, 5.74) is 4.50. The molecule has 0 saturated heterocycles. The topological polar surface area (TPSA) is 34.9 Å². The molecule has 0 saturated carbocycles. The molecule has 0 aliphatic carbocycles.